The molecule has 0 saturated carbocycles. The van der Waals surface area contributed by atoms with Gasteiger partial charge in [-0.15, -0.1) is 0 Å². The van der Waals surface area contributed by atoms with Crippen molar-refractivity contribution in [3.8, 4) is 0 Å². The van der Waals surface area contributed by atoms with Gasteiger partial charge < -0.3 is 5.11 Å². The number of nitrogens with zero attached hydrogens (tertiary/aromatic N) is 1. The summed E-state index contributed by atoms with van der Waals surface area (Å²) in [7, 11) is -3.95. The van der Waals surface area contributed by atoms with E-state index in [1.54, 1.807) is 31.5 Å². The Kier molecular flexibility index (Phi) is 4.66. The van der Waals surface area contributed by atoms with Crippen LogP contribution in [0.1, 0.15) is 24.1 Å². The molecule has 0 spiro atoms. The third-order valence-electron chi connectivity index (χ3n) is 3.01. The number of hydrogen-bond donors (Lipinski definition) is 2. The van der Waals surface area contributed by atoms with Crippen LogP contribution >= 0.6 is 0 Å². The molecule has 0 bridgehead atoms. The molecule has 1 heterocycles. The third-order valence-corrected chi connectivity index (χ3v) is 4.63. The van der Waals surface area contributed by atoms with Crippen LogP contribution in [0.3, 0.4) is 0 Å². The molecule has 2 rings (SSSR count). The lowest BCUT2D eigenvalue weighted by molar-refractivity contribution is 0.278. The monoisotopic (exact) mass is 310 g/mol. The summed E-state index contributed by atoms with van der Waals surface area (Å²) < 4.78 is 40.4. The van der Waals surface area contributed by atoms with Crippen LogP contribution < -0.4 is 4.72 Å². The molecule has 2 N–H and O–H groups in total. The van der Waals surface area contributed by atoms with Gasteiger partial charge in [0, 0.05) is 18.4 Å². The highest BCUT2D eigenvalue weighted by molar-refractivity contribution is 7.89. The molecule has 0 aliphatic heterocycles. The van der Waals surface area contributed by atoms with Crippen LogP contribution in [0, 0.1) is 5.82 Å². The molecular weight excluding hydrogens is 295 g/mol. The van der Waals surface area contributed by atoms with Crippen molar-refractivity contribution in [2.75, 3.05) is 0 Å². The Labute approximate surface area is 122 Å². The molecule has 0 aliphatic carbocycles. The third kappa shape index (κ3) is 3.63. The van der Waals surface area contributed by atoms with E-state index in [0.29, 0.717) is 5.56 Å². The standard InChI is InChI=1S/C14H15FN2O3S/c1-10(11-3-2-6-16-8-11)17-21(19,20)14-7-13(15)5-4-12(14)9-18/h2-8,10,17-18H,9H2,1H3. The van der Waals surface area contributed by atoms with Gasteiger partial charge in [-0.25, -0.2) is 17.5 Å². The lowest BCUT2D eigenvalue weighted by Crippen LogP contribution is -2.28. The fourth-order valence-corrected chi connectivity index (χ4v) is 3.38. The number of rotatable bonds is 5. The van der Waals surface area contributed by atoms with Crippen molar-refractivity contribution in [1.82, 2.24) is 9.71 Å². The summed E-state index contributed by atoms with van der Waals surface area (Å²) in [5, 5.41) is 9.20. The van der Waals surface area contributed by atoms with Gasteiger partial charge in [0.25, 0.3) is 0 Å². The van der Waals surface area contributed by atoms with Crippen LogP contribution in [-0.4, -0.2) is 18.5 Å². The van der Waals surface area contributed by atoms with Gasteiger partial charge >= 0.3 is 0 Å². The van der Waals surface area contributed by atoms with Crippen LogP contribution in [0.25, 0.3) is 0 Å². The number of nitrogens with one attached hydrogen (secondary N) is 1. The van der Waals surface area contributed by atoms with E-state index < -0.39 is 28.5 Å². The first-order valence-corrected chi connectivity index (χ1v) is 7.74. The van der Waals surface area contributed by atoms with Crippen molar-refractivity contribution >= 4 is 10.0 Å². The molecule has 0 radical (unpaired) electrons. The highest BCUT2D eigenvalue weighted by Gasteiger charge is 2.22. The molecule has 0 fully saturated rings. The quantitative estimate of drug-likeness (QED) is 0.882. The van der Waals surface area contributed by atoms with E-state index in [2.05, 4.69) is 9.71 Å². The Morgan fingerprint density at radius 3 is 2.76 bits per heavy atom. The van der Waals surface area contributed by atoms with E-state index in [1.807, 2.05) is 0 Å². The zero-order chi connectivity index (χ0) is 15.5. The number of halogens is 1. The van der Waals surface area contributed by atoms with Crippen molar-refractivity contribution in [2.24, 2.45) is 0 Å². The maximum absolute atomic E-state index is 13.3. The molecule has 1 aromatic carbocycles. The van der Waals surface area contributed by atoms with Gasteiger partial charge in [0.15, 0.2) is 0 Å². The highest BCUT2D eigenvalue weighted by Crippen LogP contribution is 2.20. The predicted molar refractivity (Wildman–Crippen MR) is 75.3 cm³/mol. The Balaban J connectivity index is 2.33. The number of aromatic nitrogens is 1. The molecule has 112 valence electrons. The summed E-state index contributed by atoms with van der Waals surface area (Å²) in [4.78, 5) is 3.66. The SMILES string of the molecule is CC(NS(=O)(=O)c1cc(F)ccc1CO)c1cccnc1. The molecule has 1 unspecified atom stereocenters. The first kappa shape index (κ1) is 15.6. The largest absolute Gasteiger partial charge is 0.392 e. The lowest BCUT2D eigenvalue weighted by atomic mass is 10.2. The normalized spacial score (nSPS) is 13.1. The smallest absolute Gasteiger partial charge is 0.241 e. The summed E-state index contributed by atoms with van der Waals surface area (Å²) in [5.74, 6) is -0.679. The minimum absolute atomic E-state index is 0.141. The molecule has 21 heavy (non-hydrogen) atoms. The van der Waals surface area contributed by atoms with E-state index in [-0.39, 0.29) is 10.5 Å². The van der Waals surface area contributed by atoms with Crippen LogP contribution in [0.15, 0.2) is 47.6 Å². The minimum atomic E-state index is -3.95. The second kappa shape index (κ2) is 6.30. The van der Waals surface area contributed by atoms with Crippen molar-refractivity contribution in [2.45, 2.75) is 24.5 Å². The van der Waals surface area contributed by atoms with Gasteiger partial charge in [0.2, 0.25) is 10.0 Å². The molecule has 0 amide bonds. The molecule has 2 aromatic rings. The average molecular weight is 310 g/mol. The fourth-order valence-electron chi connectivity index (χ4n) is 1.91. The zero-order valence-corrected chi connectivity index (χ0v) is 12.1. The van der Waals surface area contributed by atoms with Gasteiger partial charge in [-0.3, -0.25) is 4.98 Å². The highest BCUT2D eigenvalue weighted by atomic mass is 32.2. The molecule has 1 atom stereocenters. The van der Waals surface area contributed by atoms with E-state index in [4.69, 9.17) is 0 Å². The molecule has 0 saturated heterocycles. The van der Waals surface area contributed by atoms with Crippen LogP contribution in [-0.2, 0) is 16.6 Å². The zero-order valence-electron chi connectivity index (χ0n) is 11.3. The minimum Gasteiger partial charge on any atom is -0.392 e. The van der Waals surface area contributed by atoms with Crippen molar-refractivity contribution in [1.29, 1.82) is 0 Å². The number of benzene rings is 1. The Morgan fingerprint density at radius 2 is 2.14 bits per heavy atom. The number of aliphatic hydroxyl groups excluding tert-OH is 1. The van der Waals surface area contributed by atoms with E-state index >= 15 is 0 Å². The second-order valence-electron chi connectivity index (χ2n) is 4.54. The average Bonchev–Trinajstić information content (AvgIpc) is 2.47. The summed E-state index contributed by atoms with van der Waals surface area (Å²) in [6.07, 6.45) is 3.13. The Bertz CT molecular complexity index is 720. The van der Waals surface area contributed by atoms with E-state index in [1.165, 1.54) is 6.07 Å². The lowest BCUT2D eigenvalue weighted by Gasteiger charge is -2.16. The Hall–Kier alpha value is -1.83. The van der Waals surface area contributed by atoms with Gasteiger partial charge in [-0.1, -0.05) is 12.1 Å². The summed E-state index contributed by atoms with van der Waals surface area (Å²) in [5.41, 5.74) is 0.824. The molecule has 7 heteroatoms. The van der Waals surface area contributed by atoms with Crippen molar-refractivity contribution in [3.63, 3.8) is 0 Å². The summed E-state index contributed by atoms with van der Waals surface area (Å²) in [6.45, 7) is 1.17. The van der Waals surface area contributed by atoms with Gasteiger partial charge in [0.1, 0.15) is 5.82 Å². The van der Waals surface area contributed by atoms with Gasteiger partial charge in [-0.2, -0.15) is 0 Å². The van der Waals surface area contributed by atoms with Crippen molar-refractivity contribution in [3.05, 3.63) is 59.7 Å². The molecule has 0 aliphatic rings. The summed E-state index contributed by atoms with van der Waals surface area (Å²) in [6, 6.07) is 6.15. The van der Waals surface area contributed by atoms with E-state index in [0.717, 1.165) is 12.1 Å². The first-order valence-electron chi connectivity index (χ1n) is 6.25. The maximum Gasteiger partial charge on any atom is 0.241 e. The topological polar surface area (TPSA) is 79.3 Å². The van der Waals surface area contributed by atoms with Crippen molar-refractivity contribution < 1.29 is 17.9 Å². The number of pyridine rings is 1. The predicted octanol–water partition coefficient (Wildman–Crippen LogP) is 1.75. The first-order chi connectivity index (χ1) is 9.94. The summed E-state index contributed by atoms with van der Waals surface area (Å²) >= 11 is 0. The Morgan fingerprint density at radius 1 is 1.38 bits per heavy atom. The molecule has 5 nitrogen and oxygen atoms in total. The fraction of sp³-hybridized carbons (Fsp3) is 0.214. The number of sulfonamides is 1. The van der Waals surface area contributed by atoms with Gasteiger partial charge in [-0.05, 0) is 36.2 Å². The number of hydrogen-bond acceptors (Lipinski definition) is 4. The van der Waals surface area contributed by atoms with E-state index in [9.17, 15) is 17.9 Å². The second-order valence-corrected chi connectivity index (χ2v) is 6.22. The van der Waals surface area contributed by atoms with Crippen LogP contribution in [0.2, 0.25) is 0 Å². The van der Waals surface area contributed by atoms with Crippen LogP contribution in [0.4, 0.5) is 4.39 Å². The molecule has 1 aromatic heterocycles. The van der Waals surface area contributed by atoms with Crippen LogP contribution in [0.5, 0.6) is 0 Å². The maximum atomic E-state index is 13.3. The number of aliphatic hydroxyl groups is 1. The molecular formula is C14H15FN2O3S. The van der Waals surface area contributed by atoms with Gasteiger partial charge in [0.05, 0.1) is 11.5 Å².